The summed E-state index contributed by atoms with van der Waals surface area (Å²) in [6.45, 7) is 9.49. The van der Waals surface area contributed by atoms with E-state index in [1.54, 1.807) is 0 Å². The highest BCUT2D eigenvalue weighted by molar-refractivity contribution is 4.59. The summed E-state index contributed by atoms with van der Waals surface area (Å²) in [6, 6.07) is 0. The van der Waals surface area contributed by atoms with Crippen molar-refractivity contribution < 1.29 is 18.9 Å². The Labute approximate surface area is 106 Å². The Kier molecular flexibility index (Phi) is 15.7. The van der Waals surface area contributed by atoms with Crippen LogP contribution < -0.4 is 0 Å². The Hall–Kier alpha value is -0.160. The first-order chi connectivity index (χ1) is 8.41. The van der Waals surface area contributed by atoms with Gasteiger partial charge in [-0.1, -0.05) is 13.3 Å². The van der Waals surface area contributed by atoms with Crippen LogP contribution in [0.2, 0.25) is 0 Å². The second kappa shape index (κ2) is 15.8. The van der Waals surface area contributed by atoms with E-state index in [4.69, 9.17) is 18.9 Å². The molecule has 103 valence electrons. The average Bonchev–Trinajstić information content (AvgIpc) is 2.35. The maximum atomic E-state index is 5.38. The second-order valence-corrected chi connectivity index (χ2v) is 3.52. The summed E-state index contributed by atoms with van der Waals surface area (Å²) in [6.07, 6.45) is 4.35. The molecule has 0 bridgehead atoms. The fraction of sp³-hybridized carbons (Fsp3) is 0.923. The van der Waals surface area contributed by atoms with Gasteiger partial charge in [-0.2, -0.15) is 0 Å². The zero-order chi connectivity index (χ0) is 12.6. The van der Waals surface area contributed by atoms with E-state index in [2.05, 4.69) is 13.3 Å². The summed E-state index contributed by atoms with van der Waals surface area (Å²) in [5.74, 6) is 0. The van der Waals surface area contributed by atoms with Gasteiger partial charge in [0.15, 0.2) is 0 Å². The maximum Gasteiger partial charge on any atom is 0.0701 e. The smallest absolute Gasteiger partial charge is 0.0701 e. The summed E-state index contributed by atoms with van der Waals surface area (Å²) in [4.78, 5) is 0. The van der Waals surface area contributed by atoms with Gasteiger partial charge in [0.2, 0.25) is 0 Å². The Morgan fingerprint density at radius 2 is 1.12 bits per heavy atom. The molecule has 0 aliphatic heterocycles. The molecular formula is C13H27O4. The first-order valence-electron chi connectivity index (χ1n) is 6.54. The number of ether oxygens (including phenoxy) is 4. The molecule has 0 atom stereocenters. The molecule has 0 aromatic rings. The molecule has 0 heterocycles. The second-order valence-electron chi connectivity index (χ2n) is 3.52. The Bertz CT molecular complexity index is 117. The molecule has 0 aliphatic carbocycles. The lowest BCUT2D eigenvalue weighted by Gasteiger charge is -2.06. The lowest BCUT2D eigenvalue weighted by atomic mass is 10.3. The molecule has 4 heteroatoms. The molecule has 0 amide bonds. The van der Waals surface area contributed by atoms with Crippen LogP contribution in [-0.2, 0) is 18.9 Å². The number of hydrogen-bond donors (Lipinski definition) is 0. The molecule has 1 radical (unpaired) electrons. The van der Waals surface area contributed by atoms with Crippen LogP contribution in [0.3, 0.4) is 0 Å². The standard InChI is InChI=1S/C13H27O4/c1-3-5-6-7-15-10-11-17-13-12-16-9-8-14-4-2/h5H,3-4,6-13H2,1-2H3. The molecule has 0 N–H and O–H groups in total. The van der Waals surface area contributed by atoms with Crippen molar-refractivity contribution in [3.63, 3.8) is 0 Å². The molecule has 0 saturated heterocycles. The van der Waals surface area contributed by atoms with E-state index in [1.807, 2.05) is 6.92 Å². The highest BCUT2D eigenvalue weighted by Crippen LogP contribution is 1.92. The number of rotatable bonds is 14. The number of unbranched alkanes of at least 4 members (excludes halogenated alkanes) is 2. The van der Waals surface area contributed by atoms with Gasteiger partial charge in [-0.15, -0.1) is 0 Å². The van der Waals surface area contributed by atoms with Crippen LogP contribution in [0.1, 0.15) is 26.7 Å². The van der Waals surface area contributed by atoms with Crippen molar-refractivity contribution in [1.29, 1.82) is 0 Å². The molecule has 0 aliphatic rings. The zero-order valence-electron chi connectivity index (χ0n) is 11.3. The van der Waals surface area contributed by atoms with E-state index in [0.29, 0.717) is 39.6 Å². The van der Waals surface area contributed by atoms with E-state index >= 15 is 0 Å². The van der Waals surface area contributed by atoms with Gasteiger partial charge in [0.25, 0.3) is 0 Å². The summed E-state index contributed by atoms with van der Waals surface area (Å²) < 4.78 is 21.2. The van der Waals surface area contributed by atoms with Crippen molar-refractivity contribution in [2.75, 3.05) is 52.9 Å². The fourth-order valence-electron chi connectivity index (χ4n) is 1.17. The molecule has 17 heavy (non-hydrogen) atoms. The van der Waals surface area contributed by atoms with Crippen LogP contribution in [0.4, 0.5) is 0 Å². The minimum absolute atomic E-state index is 0.622. The molecular weight excluding hydrogens is 220 g/mol. The van der Waals surface area contributed by atoms with E-state index in [9.17, 15) is 0 Å². The van der Waals surface area contributed by atoms with Crippen molar-refractivity contribution in [1.82, 2.24) is 0 Å². The van der Waals surface area contributed by atoms with Gasteiger partial charge < -0.3 is 18.9 Å². The molecule has 0 unspecified atom stereocenters. The monoisotopic (exact) mass is 247 g/mol. The third kappa shape index (κ3) is 15.8. The van der Waals surface area contributed by atoms with E-state index in [-0.39, 0.29) is 0 Å². The molecule has 0 spiro atoms. The summed E-state index contributed by atoms with van der Waals surface area (Å²) in [5, 5.41) is 0. The molecule has 0 saturated carbocycles. The normalized spacial score (nSPS) is 10.9. The summed E-state index contributed by atoms with van der Waals surface area (Å²) in [5.41, 5.74) is 0. The van der Waals surface area contributed by atoms with Gasteiger partial charge in [-0.05, 0) is 19.8 Å². The lowest BCUT2D eigenvalue weighted by Crippen LogP contribution is -2.12. The molecule has 4 nitrogen and oxygen atoms in total. The van der Waals surface area contributed by atoms with Crippen molar-refractivity contribution in [3.05, 3.63) is 6.42 Å². The van der Waals surface area contributed by atoms with Crippen LogP contribution in [0, 0.1) is 6.42 Å². The van der Waals surface area contributed by atoms with E-state index in [1.165, 1.54) is 0 Å². The largest absolute Gasteiger partial charge is 0.379 e. The minimum Gasteiger partial charge on any atom is -0.379 e. The highest BCUT2D eigenvalue weighted by atomic mass is 16.6. The van der Waals surface area contributed by atoms with Crippen LogP contribution in [-0.4, -0.2) is 52.9 Å². The Morgan fingerprint density at radius 3 is 1.59 bits per heavy atom. The Morgan fingerprint density at radius 1 is 0.647 bits per heavy atom. The average molecular weight is 247 g/mol. The zero-order valence-corrected chi connectivity index (χ0v) is 11.3. The Balaban J connectivity index is 2.85. The van der Waals surface area contributed by atoms with Gasteiger partial charge in [-0.3, -0.25) is 0 Å². The molecule has 0 fully saturated rings. The van der Waals surface area contributed by atoms with Gasteiger partial charge in [0.05, 0.1) is 39.6 Å². The number of hydrogen-bond acceptors (Lipinski definition) is 4. The lowest BCUT2D eigenvalue weighted by molar-refractivity contribution is -0.000227. The van der Waals surface area contributed by atoms with Gasteiger partial charge >= 0.3 is 0 Å². The maximum absolute atomic E-state index is 5.38. The molecule has 0 aromatic carbocycles. The predicted molar refractivity (Wildman–Crippen MR) is 68.2 cm³/mol. The van der Waals surface area contributed by atoms with Crippen molar-refractivity contribution in [2.24, 2.45) is 0 Å². The predicted octanol–water partition coefficient (Wildman–Crippen LogP) is 2.08. The van der Waals surface area contributed by atoms with Gasteiger partial charge in [-0.25, -0.2) is 0 Å². The first kappa shape index (κ1) is 16.8. The van der Waals surface area contributed by atoms with Crippen LogP contribution in [0.25, 0.3) is 0 Å². The highest BCUT2D eigenvalue weighted by Gasteiger charge is 1.92. The van der Waals surface area contributed by atoms with Crippen molar-refractivity contribution in [3.8, 4) is 0 Å². The van der Waals surface area contributed by atoms with Gasteiger partial charge in [0, 0.05) is 13.2 Å². The fourth-order valence-corrected chi connectivity index (χ4v) is 1.17. The van der Waals surface area contributed by atoms with Crippen LogP contribution in [0.5, 0.6) is 0 Å². The molecule has 0 aromatic heterocycles. The topological polar surface area (TPSA) is 36.9 Å². The van der Waals surface area contributed by atoms with Crippen LogP contribution in [0.15, 0.2) is 0 Å². The third-order valence-corrected chi connectivity index (χ3v) is 2.08. The first-order valence-corrected chi connectivity index (χ1v) is 6.54. The quantitative estimate of drug-likeness (QED) is 0.440. The molecule has 0 rings (SSSR count). The third-order valence-electron chi connectivity index (χ3n) is 2.08. The van der Waals surface area contributed by atoms with Crippen molar-refractivity contribution >= 4 is 0 Å². The van der Waals surface area contributed by atoms with Crippen molar-refractivity contribution in [2.45, 2.75) is 26.7 Å². The summed E-state index contributed by atoms with van der Waals surface area (Å²) in [7, 11) is 0. The van der Waals surface area contributed by atoms with E-state index < -0.39 is 0 Å². The SMILES string of the molecule is CC[CH]CCOCCOCCOCCOCC. The minimum atomic E-state index is 0.622. The van der Waals surface area contributed by atoms with Gasteiger partial charge in [0.1, 0.15) is 0 Å². The summed E-state index contributed by atoms with van der Waals surface area (Å²) >= 11 is 0. The van der Waals surface area contributed by atoms with E-state index in [0.717, 1.165) is 26.1 Å². The van der Waals surface area contributed by atoms with Crippen LogP contribution >= 0.6 is 0 Å².